The molecule has 4 heteroatoms. The van der Waals surface area contributed by atoms with Crippen molar-refractivity contribution >= 4 is 0 Å². The fraction of sp³-hybridized carbons (Fsp3) is 0.600. The third kappa shape index (κ3) is 6.57. The Morgan fingerprint density at radius 1 is 1.21 bits per heavy atom. The van der Waals surface area contributed by atoms with Crippen LogP contribution in [0, 0.1) is 0 Å². The van der Waals surface area contributed by atoms with E-state index in [9.17, 15) is 5.11 Å². The summed E-state index contributed by atoms with van der Waals surface area (Å²) in [4.78, 5) is 2.08. The van der Waals surface area contributed by atoms with Gasteiger partial charge >= 0.3 is 0 Å². The van der Waals surface area contributed by atoms with E-state index >= 15 is 0 Å². The topological polar surface area (TPSA) is 41.9 Å². The van der Waals surface area contributed by atoms with Crippen molar-refractivity contribution < 1.29 is 14.6 Å². The van der Waals surface area contributed by atoms with Crippen LogP contribution in [0.1, 0.15) is 19.4 Å². The zero-order valence-electron chi connectivity index (χ0n) is 12.3. The Hall–Kier alpha value is -1.10. The van der Waals surface area contributed by atoms with Gasteiger partial charge in [0.25, 0.3) is 0 Å². The molecule has 4 nitrogen and oxygen atoms in total. The molecule has 0 amide bonds. The van der Waals surface area contributed by atoms with Crippen molar-refractivity contribution in [2.75, 3.05) is 27.3 Å². The van der Waals surface area contributed by atoms with Crippen molar-refractivity contribution in [3.8, 4) is 5.75 Å². The number of benzene rings is 1. The summed E-state index contributed by atoms with van der Waals surface area (Å²) in [7, 11) is 3.65. The lowest BCUT2D eigenvalue weighted by atomic mass is 10.2. The Bertz CT molecular complexity index is 351. The van der Waals surface area contributed by atoms with E-state index in [-0.39, 0.29) is 6.10 Å². The van der Waals surface area contributed by atoms with Gasteiger partial charge in [0, 0.05) is 13.1 Å². The van der Waals surface area contributed by atoms with Crippen LogP contribution >= 0.6 is 0 Å². The molecule has 1 N–H and O–H groups in total. The smallest absolute Gasteiger partial charge is 0.118 e. The van der Waals surface area contributed by atoms with Crippen molar-refractivity contribution in [1.82, 2.24) is 4.90 Å². The minimum Gasteiger partial charge on any atom is -0.497 e. The van der Waals surface area contributed by atoms with Crippen LogP contribution in [0.25, 0.3) is 0 Å². The van der Waals surface area contributed by atoms with Crippen LogP contribution in [0.15, 0.2) is 24.3 Å². The normalized spacial score (nSPS) is 13.0. The van der Waals surface area contributed by atoms with Crippen LogP contribution in [0.3, 0.4) is 0 Å². The predicted molar refractivity (Wildman–Crippen MR) is 76.4 cm³/mol. The van der Waals surface area contributed by atoms with Gasteiger partial charge in [0.1, 0.15) is 5.75 Å². The molecule has 0 radical (unpaired) electrons. The second-order valence-corrected chi connectivity index (χ2v) is 5.08. The maximum absolute atomic E-state index is 9.84. The molecule has 1 rings (SSSR count). The van der Waals surface area contributed by atoms with Gasteiger partial charge in [0.05, 0.1) is 25.9 Å². The molecule has 0 aliphatic rings. The summed E-state index contributed by atoms with van der Waals surface area (Å²) in [6.45, 7) is 5.70. The highest BCUT2D eigenvalue weighted by atomic mass is 16.5. The van der Waals surface area contributed by atoms with E-state index in [1.165, 1.54) is 5.56 Å². The summed E-state index contributed by atoms with van der Waals surface area (Å²) in [6.07, 6.45) is -0.299. The number of aliphatic hydroxyl groups excluding tert-OH is 1. The van der Waals surface area contributed by atoms with Gasteiger partial charge in [-0.05, 0) is 38.6 Å². The van der Waals surface area contributed by atoms with Crippen molar-refractivity contribution in [3.63, 3.8) is 0 Å². The molecule has 108 valence electrons. The van der Waals surface area contributed by atoms with Crippen LogP contribution in [0.2, 0.25) is 0 Å². The number of ether oxygens (including phenoxy) is 2. The Balaban J connectivity index is 2.34. The second-order valence-electron chi connectivity index (χ2n) is 5.08. The first-order valence-corrected chi connectivity index (χ1v) is 6.62. The van der Waals surface area contributed by atoms with E-state index < -0.39 is 6.10 Å². The first kappa shape index (κ1) is 16.0. The monoisotopic (exact) mass is 267 g/mol. The van der Waals surface area contributed by atoms with Crippen LogP contribution in [0.5, 0.6) is 5.75 Å². The number of rotatable bonds is 8. The van der Waals surface area contributed by atoms with Gasteiger partial charge in [-0.2, -0.15) is 0 Å². The van der Waals surface area contributed by atoms with E-state index in [1.807, 2.05) is 45.2 Å². The molecule has 0 heterocycles. The lowest BCUT2D eigenvalue weighted by Crippen LogP contribution is -2.32. The molecule has 1 aromatic rings. The quantitative estimate of drug-likeness (QED) is 0.781. The van der Waals surface area contributed by atoms with Crippen molar-refractivity contribution in [2.24, 2.45) is 0 Å². The zero-order chi connectivity index (χ0) is 14.3. The van der Waals surface area contributed by atoms with E-state index in [0.717, 1.165) is 12.3 Å². The average Bonchev–Trinajstić information content (AvgIpc) is 2.37. The van der Waals surface area contributed by atoms with Gasteiger partial charge in [-0.15, -0.1) is 0 Å². The lowest BCUT2D eigenvalue weighted by molar-refractivity contribution is -0.00634. The molecule has 0 bridgehead atoms. The second kappa shape index (κ2) is 8.15. The van der Waals surface area contributed by atoms with Gasteiger partial charge in [0.2, 0.25) is 0 Å². The highest BCUT2D eigenvalue weighted by Gasteiger charge is 2.09. The Kier molecular flexibility index (Phi) is 6.84. The summed E-state index contributed by atoms with van der Waals surface area (Å²) in [5.41, 5.74) is 1.19. The number of methoxy groups -OCH3 is 1. The molecular formula is C15H25NO3. The molecule has 0 saturated heterocycles. The molecule has 0 aromatic heterocycles. The molecule has 1 unspecified atom stereocenters. The molecule has 1 aromatic carbocycles. The Morgan fingerprint density at radius 3 is 2.37 bits per heavy atom. The summed E-state index contributed by atoms with van der Waals surface area (Å²) in [5, 5.41) is 9.84. The molecule has 0 spiro atoms. The minimum atomic E-state index is -0.453. The third-order valence-electron chi connectivity index (χ3n) is 2.76. The molecule has 0 fully saturated rings. The standard InChI is InChI=1S/C15H25NO3/c1-12(2)19-11-14(17)10-16(3)9-13-5-7-15(18-4)8-6-13/h5-8,12,14,17H,9-11H2,1-4H3. The third-order valence-corrected chi connectivity index (χ3v) is 2.76. The molecular weight excluding hydrogens is 242 g/mol. The van der Waals surface area contributed by atoms with Crippen LogP contribution in [-0.4, -0.2) is 49.5 Å². The highest BCUT2D eigenvalue weighted by Crippen LogP contribution is 2.12. The number of aliphatic hydroxyl groups is 1. The summed E-state index contributed by atoms with van der Waals surface area (Å²) in [6, 6.07) is 7.96. The van der Waals surface area contributed by atoms with E-state index in [4.69, 9.17) is 9.47 Å². The minimum absolute atomic E-state index is 0.154. The maximum atomic E-state index is 9.84. The van der Waals surface area contributed by atoms with Crippen LogP contribution in [0.4, 0.5) is 0 Å². The Morgan fingerprint density at radius 2 is 1.84 bits per heavy atom. The highest BCUT2D eigenvalue weighted by molar-refractivity contribution is 5.27. The van der Waals surface area contributed by atoms with Crippen molar-refractivity contribution in [1.29, 1.82) is 0 Å². The maximum Gasteiger partial charge on any atom is 0.118 e. The van der Waals surface area contributed by atoms with Crippen molar-refractivity contribution in [2.45, 2.75) is 32.6 Å². The Labute approximate surface area is 115 Å². The summed E-state index contributed by atoms with van der Waals surface area (Å²) in [5.74, 6) is 0.858. The molecule has 1 atom stereocenters. The summed E-state index contributed by atoms with van der Waals surface area (Å²) < 4.78 is 10.5. The molecule has 19 heavy (non-hydrogen) atoms. The number of hydrogen-bond acceptors (Lipinski definition) is 4. The number of nitrogens with zero attached hydrogens (tertiary/aromatic N) is 1. The molecule has 0 aliphatic carbocycles. The fourth-order valence-corrected chi connectivity index (χ4v) is 1.82. The summed E-state index contributed by atoms with van der Waals surface area (Å²) >= 11 is 0. The first-order valence-electron chi connectivity index (χ1n) is 6.62. The fourth-order valence-electron chi connectivity index (χ4n) is 1.82. The SMILES string of the molecule is COc1ccc(CN(C)CC(O)COC(C)C)cc1. The van der Waals surface area contributed by atoms with Gasteiger partial charge in [0.15, 0.2) is 0 Å². The molecule has 0 aliphatic heterocycles. The predicted octanol–water partition coefficient (Wildman–Crippen LogP) is 1.91. The zero-order valence-corrected chi connectivity index (χ0v) is 12.3. The first-order chi connectivity index (χ1) is 9.01. The van der Waals surface area contributed by atoms with Crippen LogP contribution < -0.4 is 4.74 Å². The number of likely N-dealkylation sites (N-methyl/N-ethyl adjacent to an activating group) is 1. The van der Waals surface area contributed by atoms with Crippen molar-refractivity contribution in [3.05, 3.63) is 29.8 Å². The van der Waals surface area contributed by atoms with Gasteiger partial charge in [-0.3, -0.25) is 4.90 Å². The van der Waals surface area contributed by atoms with Gasteiger partial charge in [-0.1, -0.05) is 12.1 Å². The van der Waals surface area contributed by atoms with E-state index in [0.29, 0.717) is 13.2 Å². The van der Waals surface area contributed by atoms with Crippen LogP contribution in [-0.2, 0) is 11.3 Å². The van der Waals surface area contributed by atoms with E-state index in [2.05, 4.69) is 4.90 Å². The average molecular weight is 267 g/mol. The lowest BCUT2D eigenvalue weighted by Gasteiger charge is -2.21. The molecule has 0 saturated carbocycles. The van der Waals surface area contributed by atoms with Gasteiger partial charge in [-0.25, -0.2) is 0 Å². The van der Waals surface area contributed by atoms with E-state index in [1.54, 1.807) is 7.11 Å². The number of hydrogen-bond donors (Lipinski definition) is 1. The van der Waals surface area contributed by atoms with Gasteiger partial charge < -0.3 is 14.6 Å². The largest absolute Gasteiger partial charge is 0.497 e.